The molecule has 0 bridgehead atoms. The molecule has 6 heteroatoms. The SMILES string of the molecule is CC[C@@H](Oc1ccccc1)C(=O)O[C@H](C)C(=O)NCc1ccc(OC)cc1. The molecule has 144 valence electrons. The van der Waals surface area contributed by atoms with E-state index in [-0.39, 0.29) is 5.91 Å². The first-order chi connectivity index (χ1) is 13.0. The molecule has 1 N–H and O–H groups in total. The first-order valence-corrected chi connectivity index (χ1v) is 8.86. The minimum absolute atomic E-state index is 0.336. The highest BCUT2D eigenvalue weighted by Crippen LogP contribution is 2.14. The summed E-state index contributed by atoms with van der Waals surface area (Å²) in [6.45, 7) is 3.70. The topological polar surface area (TPSA) is 73.9 Å². The van der Waals surface area contributed by atoms with Crippen LogP contribution in [0.2, 0.25) is 0 Å². The zero-order chi connectivity index (χ0) is 19.6. The number of carbonyl (C=O) groups is 2. The van der Waals surface area contributed by atoms with E-state index in [4.69, 9.17) is 14.2 Å². The predicted octanol–water partition coefficient (Wildman–Crippen LogP) is 3.10. The van der Waals surface area contributed by atoms with Gasteiger partial charge in [0.15, 0.2) is 12.2 Å². The molecule has 0 fully saturated rings. The Hall–Kier alpha value is -3.02. The smallest absolute Gasteiger partial charge is 0.348 e. The molecule has 2 rings (SSSR count). The molecule has 0 radical (unpaired) electrons. The van der Waals surface area contributed by atoms with E-state index in [1.165, 1.54) is 6.92 Å². The molecule has 6 nitrogen and oxygen atoms in total. The number of hydrogen-bond acceptors (Lipinski definition) is 5. The number of ether oxygens (including phenoxy) is 3. The Morgan fingerprint density at radius 3 is 2.26 bits per heavy atom. The Morgan fingerprint density at radius 1 is 1.00 bits per heavy atom. The van der Waals surface area contributed by atoms with Crippen LogP contribution in [0.15, 0.2) is 54.6 Å². The highest BCUT2D eigenvalue weighted by atomic mass is 16.6. The van der Waals surface area contributed by atoms with Gasteiger partial charge >= 0.3 is 5.97 Å². The molecule has 0 aliphatic rings. The monoisotopic (exact) mass is 371 g/mol. The summed E-state index contributed by atoms with van der Waals surface area (Å²) in [4.78, 5) is 24.5. The number of methoxy groups -OCH3 is 1. The van der Waals surface area contributed by atoms with Crippen LogP contribution in [-0.2, 0) is 20.9 Å². The van der Waals surface area contributed by atoms with Gasteiger partial charge in [0.2, 0.25) is 0 Å². The van der Waals surface area contributed by atoms with Crippen molar-refractivity contribution < 1.29 is 23.8 Å². The van der Waals surface area contributed by atoms with Crippen molar-refractivity contribution in [1.82, 2.24) is 5.32 Å². The number of rotatable bonds is 9. The molecular weight excluding hydrogens is 346 g/mol. The second kappa shape index (κ2) is 10.2. The molecule has 27 heavy (non-hydrogen) atoms. The van der Waals surface area contributed by atoms with E-state index in [0.717, 1.165) is 11.3 Å². The van der Waals surface area contributed by atoms with Crippen molar-refractivity contribution in [3.8, 4) is 11.5 Å². The Kier molecular flexibility index (Phi) is 7.67. The summed E-state index contributed by atoms with van der Waals surface area (Å²) in [5, 5.41) is 2.75. The van der Waals surface area contributed by atoms with Crippen molar-refractivity contribution >= 4 is 11.9 Å². The molecule has 0 spiro atoms. The molecule has 0 saturated carbocycles. The van der Waals surface area contributed by atoms with Gasteiger partial charge in [-0.3, -0.25) is 4.79 Å². The second-order valence-electron chi connectivity index (χ2n) is 5.97. The molecular formula is C21H25NO5. The largest absolute Gasteiger partial charge is 0.497 e. The van der Waals surface area contributed by atoms with E-state index in [2.05, 4.69) is 5.32 Å². The van der Waals surface area contributed by atoms with Crippen LogP contribution in [0, 0.1) is 0 Å². The van der Waals surface area contributed by atoms with E-state index in [9.17, 15) is 9.59 Å². The first-order valence-electron chi connectivity index (χ1n) is 8.86. The van der Waals surface area contributed by atoms with Gasteiger partial charge in [0.05, 0.1) is 7.11 Å². The van der Waals surface area contributed by atoms with Gasteiger partial charge < -0.3 is 19.5 Å². The summed E-state index contributed by atoms with van der Waals surface area (Å²) >= 11 is 0. The lowest BCUT2D eigenvalue weighted by Gasteiger charge is -2.19. The van der Waals surface area contributed by atoms with Gasteiger partial charge in [0, 0.05) is 6.54 Å². The molecule has 0 aromatic heterocycles. The summed E-state index contributed by atoms with van der Waals surface area (Å²) in [5.41, 5.74) is 0.918. The molecule has 2 atom stereocenters. The summed E-state index contributed by atoms with van der Waals surface area (Å²) in [7, 11) is 1.60. The van der Waals surface area contributed by atoms with Gasteiger partial charge in [-0.05, 0) is 43.2 Å². The normalized spacial score (nSPS) is 12.6. The van der Waals surface area contributed by atoms with Gasteiger partial charge in [-0.1, -0.05) is 37.3 Å². The zero-order valence-electron chi connectivity index (χ0n) is 15.8. The van der Waals surface area contributed by atoms with Crippen LogP contribution < -0.4 is 14.8 Å². The maximum Gasteiger partial charge on any atom is 0.348 e. The van der Waals surface area contributed by atoms with Gasteiger partial charge in [0.1, 0.15) is 11.5 Å². The van der Waals surface area contributed by atoms with Crippen LogP contribution in [0.4, 0.5) is 0 Å². The van der Waals surface area contributed by atoms with E-state index in [1.54, 1.807) is 19.2 Å². The van der Waals surface area contributed by atoms with Crippen molar-refractivity contribution in [2.75, 3.05) is 7.11 Å². The number of nitrogens with one attached hydrogen (secondary N) is 1. The van der Waals surface area contributed by atoms with Crippen molar-refractivity contribution in [3.05, 3.63) is 60.2 Å². The lowest BCUT2D eigenvalue weighted by atomic mass is 10.2. The third-order valence-electron chi connectivity index (χ3n) is 3.94. The molecule has 2 aromatic rings. The Labute approximate surface area is 159 Å². The van der Waals surface area contributed by atoms with Crippen LogP contribution in [0.3, 0.4) is 0 Å². The van der Waals surface area contributed by atoms with Gasteiger partial charge in [-0.25, -0.2) is 4.79 Å². The molecule has 0 saturated heterocycles. The van der Waals surface area contributed by atoms with E-state index in [0.29, 0.717) is 18.7 Å². The number of para-hydroxylation sites is 1. The lowest BCUT2D eigenvalue weighted by Crippen LogP contribution is -2.39. The molecule has 0 aliphatic carbocycles. The maximum absolute atomic E-state index is 12.3. The minimum atomic E-state index is -0.913. The molecule has 0 heterocycles. The first kappa shape index (κ1) is 20.3. The van der Waals surface area contributed by atoms with Crippen LogP contribution in [0.25, 0.3) is 0 Å². The fourth-order valence-corrected chi connectivity index (χ4v) is 2.34. The van der Waals surface area contributed by atoms with Crippen molar-refractivity contribution in [2.24, 2.45) is 0 Å². The quantitative estimate of drug-likeness (QED) is 0.686. The van der Waals surface area contributed by atoms with Crippen LogP contribution in [0.5, 0.6) is 11.5 Å². The van der Waals surface area contributed by atoms with Crippen LogP contribution >= 0.6 is 0 Å². The van der Waals surface area contributed by atoms with E-state index in [1.807, 2.05) is 49.4 Å². The van der Waals surface area contributed by atoms with Gasteiger partial charge in [0.25, 0.3) is 5.91 Å². The van der Waals surface area contributed by atoms with E-state index >= 15 is 0 Å². The average molecular weight is 371 g/mol. The average Bonchev–Trinajstić information content (AvgIpc) is 2.71. The fourth-order valence-electron chi connectivity index (χ4n) is 2.34. The second-order valence-corrected chi connectivity index (χ2v) is 5.97. The standard InChI is InChI=1S/C21H25NO5/c1-4-19(27-18-8-6-5-7-9-18)21(24)26-15(2)20(23)22-14-16-10-12-17(25-3)13-11-16/h5-13,15,19H,4,14H2,1-3H3,(H,22,23)/t15-,19-/m1/s1. The maximum atomic E-state index is 12.3. The fraction of sp³-hybridized carbons (Fsp3) is 0.333. The summed E-state index contributed by atoms with van der Waals surface area (Å²) < 4.78 is 16.0. The third kappa shape index (κ3) is 6.33. The number of amides is 1. The molecule has 1 amide bonds. The predicted molar refractivity (Wildman–Crippen MR) is 102 cm³/mol. The number of esters is 1. The number of benzene rings is 2. The van der Waals surface area contributed by atoms with Gasteiger partial charge in [-0.15, -0.1) is 0 Å². The van der Waals surface area contributed by atoms with Crippen molar-refractivity contribution in [2.45, 2.75) is 39.0 Å². The van der Waals surface area contributed by atoms with E-state index < -0.39 is 18.2 Å². The molecule has 0 unspecified atom stereocenters. The number of carbonyl (C=O) groups excluding carboxylic acids is 2. The summed E-state index contributed by atoms with van der Waals surface area (Å²) in [6.07, 6.45) is -1.23. The highest BCUT2D eigenvalue weighted by Gasteiger charge is 2.25. The van der Waals surface area contributed by atoms with Crippen LogP contribution in [0.1, 0.15) is 25.8 Å². The van der Waals surface area contributed by atoms with Crippen molar-refractivity contribution in [1.29, 1.82) is 0 Å². The Bertz CT molecular complexity index is 730. The highest BCUT2D eigenvalue weighted by molar-refractivity contribution is 5.84. The third-order valence-corrected chi connectivity index (χ3v) is 3.94. The summed E-state index contributed by atoms with van der Waals surface area (Å²) in [5.74, 6) is 0.400. The minimum Gasteiger partial charge on any atom is -0.497 e. The lowest BCUT2D eigenvalue weighted by molar-refractivity contribution is -0.161. The Morgan fingerprint density at radius 2 is 1.67 bits per heavy atom. The number of hydrogen-bond donors (Lipinski definition) is 1. The Balaban J connectivity index is 1.83. The molecule has 2 aromatic carbocycles. The van der Waals surface area contributed by atoms with Crippen LogP contribution in [-0.4, -0.2) is 31.2 Å². The van der Waals surface area contributed by atoms with Crippen molar-refractivity contribution in [3.63, 3.8) is 0 Å². The summed E-state index contributed by atoms with van der Waals surface area (Å²) in [6, 6.07) is 16.4. The zero-order valence-corrected chi connectivity index (χ0v) is 15.8. The van der Waals surface area contributed by atoms with Gasteiger partial charge in [-0.2, -0.15) is 0 Å². The molecule has 0 aliphatic heterocycles.